The number of anilines is 2. The number of para-hydroxylation sites is 1. The highest BCUT2D eigenvalue weighted by atomic mass is 16.5. The van der Waals surface area contributed by atoms with Crippen LogP contribution in [0.1, 0.15) is 61.0 Å². The number of nitrogens with zero attached hydrogens (tertiary/aromatic N) is 1. The van der Waals surface area contributed by atoms with Gasteiger partial charge in [-0.1, -0.05) is 24.6 Å². The molecule has 2 fully saturated rings. The van der Waals surface area contributed by atoms with Gasteiger partial charge in [0.25, 0.3) is 0 Å². The first kappa shape index (κ1) is 21.3. The summed E-state index contributed by atoms with van der Waals surface area (Å²) in [7, 11) is 1.73. The van der Waals surface area contributed by atoms with E-state index in [1.54, 1.807) is 7.11 Å². The fraction of sp³-hybridized carbons (Fsp3) is 0.458. The second kappa shape index (κ2) is 9.47. The highest BCUT2D eigenvalue weighted by Crippen LogP contribution is 2.38. The number of aromatic carboxylic acids is 1. The van der Waals surface area contributed by atoms with Crippen molar-refractivity contribution in [3.05, 3.63) is 47.7 Å². The number of benzene rings is 1. The molecule has 1 heterocycles. The van der Waals surface area contributed by atoms with Gasteiger partial charge in [-0.05, 0) is 50.7 Å². The lowest BCUT2D eigenvalue weighted by molar-refractivity contribution is 0.0326. The monoisotopic (exact) mass is 423 g/mol. The third-order valence-corrected chi connectivity index (χ3v) is 6.27. The minimum atomic E-state index is -1.12. The average Bonchev–Trinajstić information content (AvgIpc) is 2.73. The number of hydrogen-bond donors (Lipinski definition) is 3. The van der Waals surface area contributed by atoms with Crippen LogP contribution >= 0.6 is 0 Å². The molecule has 31 heavy (non-hydrogen) atoms. The fourth-order valence-corrected chi connectivity index (χ4v) is 4.20. The molecule has 2 aromatic rings. The fourth-order valence-electron chi connectivity index (χ4n) is 4.20. The van der Waals surface area contributed by atoms with Crippen LogP contribution in [-0.4, -0.2) is 41.1 Å². The van der Waals surface area contributed by atoms with Crippen molar-refractivity contribution < 1.29 is 19.4 Å². The Morgan fingerprint density at radius 2 is 1.77 bits per heavy atom. The van der Waals surface area contributed by atoms with Gasteiger partial charge in [0.2, 0.25) is 0 Å². The maximum atomic E-state index is 11.8. The number of nitrogens with one attached hydrogen (secondary N) is 2. The van der Waals surface area contributed by atoms with Crippen molar-refractivity contribution in [1.82, 2.24) is 4.98 Å². The largest absolute Gasteiger partial charge is 0.490 e. The molecule has 0 aliphatic heterocycles. The first-order valence-electron chi connectivity index (χ1n) is 10.9. The Balaban J connectivity index is 1.71. The molecule has 2 aliphatic rings. The molecular weight excluding hydrogens is 394 g/mol. The highest BCUT2D eigenvalue weighted by Gasteiger charge is 2.31. The molecule has 0 unspecified atom stereocenters. The van der Waals surface area contributed by atoms with Crippen LogP contribution in [0.5, 0.6) is 5.75 Å². The van der Waals surface area contributed by atoms with E-state index in [-0.39, 0.29) is 23.8 Å². The standard InChI is InChI=1S/C24H29N3O4/c1-30-17-10-12-18(13-11-17)31-20-14-19(24(28)29)27-23(26-16-8-3-2-4-9-16)21(20)22(25)15-6-5-7-15/h2-4,8-9,14-15,17-18,25H,5-7,10-13H2,1H3,(H,26,27)(H,28,29). The van der Waals surface area contributed by atoms with E-state index in [2.05, 4.69) is 10.3 Å². The zero-order valence-corrected chi connectivity index (χ0v) is 17.8. The van der Waals surface area contributed by atoms with Gasteiger partial charge < -0.3 is 25.3 Å². The number of ether oxygens (including phenoxy) is 2. The zero-order valence-electron chi connectivity index (χ0n) is 17.8. The van der Waals surface area contributed by atoms with E-state index in [1.165, 1.54) is 6.07 Å². The number of pyridine rings is 1. The minimum absolute atomic E-state index is 0.0343. The molecule has 0 bridgehead atoms. The Bertz CT molecular complexity index is 935. The lowest BCUT2D eigenvalue weighted by Gasteiger charge is -2.31. The van der Waals surface area contributed by atoms with Gasteiger partial charge in [-0.3, -0.25) is 0 Å². The van der Waals surface area contributed by atoms with Crippen molar-refractivity contribution in [1.29, 1.82) is 5.41 Å². The van der Waals surface area contributed by atoms with Gasteiger partial charge >= 0.3 is 5.97 Å². The van der Waals surface area contributed by atoms with Crippen LogP contribution < -0.4 is 10.1 Å². The van der Waals surface area contributed by atoms with Crippen molar-refractivity contribution in [2.24, 2.45) is 5.92 Å². The maximum Gasteiger partial charge on any atom is 0.354 e. The molecule has 4 rings (SSSR count). The van der Waals surface area contributed by atoms with Crippen LogP contribution in [0.3, 0.4) is 0 Å². The summed E-state index contributed by atoms with van der Waals surface area (Å²) < 4.78 is 11.8. The van der Waals surface area contributed by atoms with Crippen molar-refractivity contribution in [2.45, 2.75) is 57.2 Å². The predicted octanol–water partition coefficient (Wildman–Crippen LogP) is 5.03. The summed E-state index contributed by atoms with van der Waals surface area (Å²) in [4.78, 5) is 16.2. The minimum Gasteiger partial charge on any atom is -0.490 e. The maximum absolute atomic E-state index is 11.8. The number of carboxylic acid groups (broad SMARTS) is 1. The molecular formula is C24H29N3O4. The number of aromatic nitrogens is 1. The van der Waals surface area contributed by atoms with E-state index in [4.69, 9.17) is 14.9 Å². The molecule has 3 N–H and O–H groups in total. The number of methoxy groups -OCH3 is 1. The molecule has 7 nitrogen and oxygen atoms in total. The van der Waals surface area contributed by atoms with Gasteiger partial charge in [0, 0.05) is 30.5 Å². The molecule has 2 saturated carbocycles. The summed E-state index contributed by atoms with van der Waals surface area (Å²) in [5, 5.41) is 21.7. The lowest BCUT2D eigenvalue weighted by atomic mass is 9.79. The van der Waals surface area contributed by atoms with Crippen molar-refractivity contribution >= 4 is 23.2 Å². The average molecular weight is 424 g/mol. The van der Waals surface area contributed by atoms with Crippen molar-refractivity contribution in [3.63, 3.8) is 0 Å². The Hall–Kier alpha value is -2.93. The van der Waals surface area contributed by atoms with Gasteiger partial charge in [0.05, 0.1) is 17.8 Å². The summed E-state index contributed by atoms with van der Waals surface area (Å²) in [6.07, 6.45) is 6.72. The molecule has 1 aromatic carbocycles. The Labute approximate surface area is 182 Å². The first-order chi connectivity index (χ1) is 15.0. The van der Waals surface area contributed by atoms with Gasteiger partial charge in [-0.25, -0.2) is 9.78 Å². The van der Waals surface area contributed by atoms with E-state index in [9.17, 15) is 9.90 Å². The van der Waals surface area contributed by atoms with Gasteiger partial charge in [-0.15, -0.1) is 0 Å². The zero-order chi connectivity index (χ0) is 21.8. The third kappa shape index (κ3) is 4.88. The van der Waals surface area contributed by atoms with Crippen LogP contribution in [0, 0.1) is 11.3 Å². The summed E-state index contributed by atoms with van der Waals surface area (Å²) in [6, 6.07) is 11.0. The Morgan fingerprint density at radius 3 is 2.35 bits per heavy atom. The first-order valence-corrected chi connectivity index (χ1v) is 10.9. The third-order valence-electron chi connectivity index (χ3n) is 6.27. The molecule has 0 amide bonds. The normalized spacial score (nSPS) is 21.2. The molecule has 7 heteroatoms. The second-order valence-electron chi connectivity index (χ2n) is 8.32. The number of rotatable bonds is 8. The van der Waals surface area contributed by atoms with Gasteiger partial charge in [0.1, 0.15) is 11.6 Å². The van der Waals surface area contributed by atoms with E-state index >= 15 is 0 Å². The Kier molecular flexibility index (Phi) is 6.51. The lowest BCUT2D eigenvalue weighted by Crippen LogP contribution is -2.29. The van der Waals surface area contributed by atoms with Gasteiger partial charge in [0.15, 0.2) is 5.69 Å². The summed E-state index contributed by atoms with van der Waals surface area (Å²) in [6.45, 7) is 0. The topological polar surface area (TPSA) is 105 Å². The molecule has 0 spiro atoms. The molecule has 0 saturated heterocycles. The van der Waals surface area contributed by atoms with E-state index in [0.717, 1.165) is 50.6 Å². The molecule has 164 valence electrons. The van der Waals surface area contributed by atoms with Crippen LogP contribution in [0.15, 0.2) is 36.4 Å². The summed E-state index contributed by atoms with van der Waals surface area (Å²) in [5.41, 5.74) is 1.73. The number of hydrogen-bond acceptors (Lipinski definition) is 6. The predicted molar refractivity (Wildman–Crippen MR) is 119 cm³/mol. The molecule has 2 aliphatic carbocycles. The SMILES string of the molecule is COC1CCC(Oc2cc(C(=O)O)nc(Nc3ccccc3)c2C(=N)C2CCC2)CC1. The van der Waals surface area contributed by atoms with Crippen LogP contribution in [0.25, 0.3) is 0 Å². The highest BCUT2D eigenvalue weighted by molar-refractivity contribution is 6.07. The molecule has 0 atom stereocenters. The smallest absolute Gasteiger partial charge is 0.354 e. The van der Waals surface area contributed by atoms with Crippen LogP contribution in [-0.2, 0) is 4.74 Å². The summed E-state index contributed by atoms with van der Waals surface area (Å²) >= 11 is 0. The summed E-state index contributed by atoms with van der Waals surface area (Å²) in [5.74, 6) is -0.168. The van der Waals surface area contributed by atoms with E-state index < -0.39 is 5.97 Å². The van der Waals surface area contributed by atoms with Crippen molar-refractivity contribution in [3.8, 4) is 5.75 Å². The van der Waals surface area contributed by atoms with Crippen LogP contribution in [0.2, 0.25) is 0 Å². The molecule has 0 radical (unpaired) electrons. The number of carbonyl (C=O) groups is 1. The van der Waals surface area contributed by atoms with Crippen LogP contribution in [0.4, 0.5) is 11.5 Å². The quantitative estimate of drug-likeness (QED) is 0.515. The van der Waals surface area contributed by atoms with E-state index in [1.807, 2.05) is 30.3 Å². The number of carboxylic acids is 1. The van der Waals surface area contributed by atoms with E-state index in [0.29, 0.717) is 22.8 Å². The second-order valence-corrected chi connectivity index (χ2v) is 8.32. The Morgan fingerprint density at radius 1 is 1.10 bits per heavy atom. The molecule has 1 aromatic heterocycles. The van der Waals surface area contributed by atoms with Gasteiger partial charge in [-0.2, -0.15) is 0 Å². The van der Waals surface area contributed by atoms with Crippen molar-refractivity contribution in [2.75, 3.05) is 12.4 Å².